The molecule has 1 rings (SSSR count). The Hall–Kier alpha value is -1.75. The van der Waals surface area contributed by atoms with E-state index >= 15 is 0 Å². The van der Waals surface area contributed by atoms with Crippen LogP contribution >= 0.6 is 0 Å². The van der Waals surface area contributed by atoms with Crippen LogP contribution in [0.25, 0.3) is 0 Å². The van der Waals surface area contributed by atoms with Crippen molar-refractivity contribution in [2.45, 2.75) is 12.5 Å². The number of aromatic hydroxyl groups is 2. The molecule has 0 aliphatic heterocycles. The Balaban J connectivity index is 2.78. The van der Waals surface area contributed by atoms with Crippen LogP contribution in [-0.4, -0.2) is 27.3 Å². The van der Waals surface area contributed by atoms with Crippen LogP contribution in [0.1, 0.15) is 5.56 Å². The number of phenols is 2. The maximum Gasteiger partial charge on any atom is 0.246 e. The molecule has 5 N–H and O–H groups in total. The van der Waals surface area contributed by atoms with Gasteiger partial charge in [-0.05, 0) is 17.7 Å². The molecule has 0 bridgehead atoms. The summed E-state index contributed by atoms with van der Waals surface area (Å²) in [5.74, 6) is -1.36. The third-order valence-corrected chi connectivity index (χ3v) is 1.80. The van der Waals surface area contributed by atoms with Crippen molar-refractivity contribution in [2.75, 3.05) is 0 Å². The van der Waals surface area contributed by atoms with Gasteiger partial charge in [-0.25, -0.2) is 0 Å². The van der Waals surface area contributed by atoms with Gasteiger partial charge in [0.15, 0.2) is 11.5 Å². The lowest BCUT2D eigenvalue weighted by atomic mass is 10.1. The Morgan fingerprint density at radius 2 is 2.00 bits per heavy atom. The van der Waals surface area contributed by atoms with Crippen LogP contribution in [0.15, 0.2) is 18.2 Å². The highest BCUT2D eigenvalue weighted by molar-refractivity contribution is 5.78. The molecular formula is C9H11NO4. The van der Waals surface area contributed by atoms with Crippen molar-refractivity contribution >= 4 is 5.91 Å². The molecule has 0 aliphatic rings. The van der Waals surface area contributed by atoms with E-state index in [2.05, 4.69) is 0 Å². The van der Waals surface area contributed by atoms with E-state index in [1.807, 2.05) is 0 Å². The van der Waals surface area contributed by atoms with Crippen molar-refractivity contribution in [1.82, 2.24) is 0 Å². The predicted octanol–water partition coefficient (Wildman–Crippen LogP) is -0.514. The second-order valence-corrected chi connectivity index (χ2v) is 2.95. The molecule has 0 aromatic heterocycles. The topological polar surface area (TPSA) is 104 Å². The maximum absolute atomic E-state index is 10.5. The van der Waals surface area contributed by atoms with Crippen molar-refractivity contribution in [3.8, 4) is 11.5 Å². The SMILES string of the molecule is NC(=O)C(O)Cc1ccc(O)c(O)c1. The van der Waals surface area contributed by atoms with Gasteiger partial charge in [-0.1, -0.05) is 6.07 Å². The zero-order chi connectivity index (χ0) is 10.7. The van der Waals surface area contributed by atoms with Crippen molar-refractivity contribution in [3.63, 3.8) is 0 Å². The van der Waals surface area contributed by atoms with Crippen molar-refractivity contribution in [3.05, 3.63) is 23.8 Å². The molecule has 5 heteroatoms. The van der Waals surface area contributed by atoms with Crippen LogP contribution in [0.4, 0.5) is 0 Å². The lowest BCUT2D eigenvalue weighted by Gasteiger charge is -2.07. The minimum atomic E-state index is -1.28. The second kappa shape index (κ2) is 3.97. The molecule has 0 aliphatic carbocycles. The molecule has 1 aromatic rings. The smallest absolute Gasteiger partial charge is 0.246 e. The molecule has 76 valence electrons. The largest absolute Gasteiger partial charge is 0.504 e. The van der Waals surface area contributed by atoms with Gasteiger partial charge in [-0.3, -0.25) is 4.79 Å². The number of phenolic OH excluding ortho intramolecular Hbond substituents is 2. The number of nitrogens with two attached hydrogens (primary N) is 1. The number of carbonyl (C=O) groups excluding carboxylic acids is 1. The van der Waals surface area contributed by atoms with Crippen molar-refractivity contribution < 1.29 is 20.1 Å². The summed E-state index contributed by atoms with van der Waals surface area (Å²) >= 11 is 0. The van der Waals surface area contributed by atoms with E-state index in [1.165, 1.54) is 18.2 Å². The second-order valence-electron chi connectivity index (χ2n) is 2.95. The average molecular weight is 197 g/mol. The van der Waals surface area contributed by atoms with Gasteiger partial charge in [0.05, 0.1) is 0 Å². The van der Waals surface area contributed by atoms with E-state index in [1.54, 1.807) is 0 Å². The van der Waals surface area contributed by atoms with Crippen LogP contribution < -0.4 is 5.73 Å². The number of hydrogen-bond acceptors (Lipinski definition) is 4. The maximum atomic E-state index is 10.5. The fourth-order valence-electron chi connectivity index (χ4n) is 1.02. The van der Waals surface area contributed by atoms with Gasteiger partial charge in [0.2, 0.25) is 5.91 Å². The van der Waals surface area contributed by atoms with Gasteiger partial charge in [0, 0.05) is 6.42 Å². The molecular weight excluding hydrogens is 186 g/mol. The molecule has 0 saturated carbocycles. The fourth-order valence-corrected chi connectivity index (χ4v) is 1.02. The first-order valence-electron chi connectivity index (χ1n) is 3.99. The summed E-state index contributed by atoms with van der Waals surface area (Å²) < 4.78 is 0. The number of aliphatic hydroxyl groups excluding tert-OH is 1. The zero-order valence-corrected chi connectivity index (χ0v) is 7.34. The molecule has 0 spiro atoms. The summed E-state index contributed by atoms with van der Waals surface area (Å²) in [6, 6.07) is 4.03. The Kier molecular flexibility index (Phi) is 2.93. The summed E-state index contributed by atoms with van der Waals surface area (Å²) in [6.45, 7) is 0. The molecule has 0 saturated heterocycles. The zero-order valence-electron chi connectivity index (χ0n) is 7.34. The number of amides is 1. The van der Waals surface area contributed by atoms with E-state index in [0.717, 1.165) is 0 Å². The fraction of sp³-hybridized carbons (Fsp3) is 0.222. The third kappa shape index (κ3) is 2.37. The number of hydrogen-bond donors (Lipinski definition) is 4. The summed E-state index contributed by atoms with van der Waals surface area (Å²) in [5, 5.41) is 27.2. The standard InChI is InChI=1S/C9H11NO4/c10-9(14)8(13)4-5-1-2-6(11)7(12)3-5/h1-3,8,11-13H,4H2,(H2,10,14). The first-order valence-corrected chi connectivity index (χ1v) is 3.99. The Morgan fingerprint density at radius 3 is 2.50 bits per heavy atom. The molecule has 5 nitrogen and oxygen atoms in total. The number of rotatable bonds is 3. The van der Waals surface area contributed by atoms with Crippen molar-refractivity contribution in [1.29, 1.82) is 0 Å². The van der Waals surface area contributed by atoms with Gasteiger partial charge < -0.3 is 21.1 Å². The Bertz CT molecular complexity index is 351. The third-order valence-electron chi connectivity index (χ3n) is 1.80. The first-order chi connectivity index (χ1) is 6.50. The monoisotopic (exact) mass is 197 g/mol. The quantitative estimate of drug-likeness (QED) is 0.490. The lowest BCUT2D eigenvalue weighted by Crippen LogP contribution is -2.29. The normalized spacial score (nSPS) is 12.4. The van der Waals surface area contributed by atoms with Crippen LogP contribution in [0.5, 0.6) is 11.5 Å². The highest BCUT2D eigenvalue weighted by Gasteiger charge is 2.12. The van der Waals surface area contributed by atoms with Crippen molar-refractivity contribution in [2.24, 2.45) is 5.73 Å². The van der Waals surface area contributed by atoms with Gasteiger partial charge in [0.25, 0.3) is 0 Å². The predicted molar refractivity (Wildman–Crippen MR) is 48.7 cm³/mol. The molecule has 0 radical (unpaired) electrons. The van der Waals surface area contributed by atoms with Crippen LogP contribution in [-0.2, 0) is 11.2 Å². The Morgan fingerprint density at radius 1 is 1.36 bits per heavy atom. The number of benzene rings is 1. The number of aliphatic hydroxyl groups is 1. The van der Waals surface area contributed by atoms with E-state index in [9.17, 15) is 4.79 Å². The minimum Gasteiger partial charge on any atom is -0.504 e. The minimum absolute atomic E-state index is 0.0170. The summed E-state index contributed by atoms with van der Waals surface area (Å²) in [5.41, 5.74) is 5.37. The van der Waals surface area contributed by atoms with E-state index in [4.69, 9.17) is 21.1 Å². The summed E-state index contributed by atoms with van der Waals surface area (Å²) in [7, 11) is 0. The molecule has 0 heterocycles. The summed E-state index contributed by atoms with van der Waals surface area (Å²) in [6.07, 6.45) is -1.26. The first kappa shape index (κ1) is 10.3. The summed E-state index contributed by atoms with van der Waals surface area (Å²) in [4.78, 5) is 10.5. The molecule has 1 unspecified atom stereocenters. The van der Waals surface area contributed by atoms with Gasteiger partial charge in [0.1, 0.15) is 6.10 Å². The molecule has 1 aromatic carbocycles. The molecule has 1 atom stereocenters. The van der Waals surface area contributed by atoms with E-state index in [0.29, 0.717) is 5.56 Å². The highest BCUT2D eigenvalue weighted by Crippen LogP contribution is 2.25. The highest BCUT2D eigenvalue weighted by atomic mass is 16.3. The van der Waals surface area contributed by atoms with Crippen LogP contribution in [0.3, 0.4) is 0 Å². The van der Waals surface area contributed by atoms with Gasteiger partial charge in [-0.15, -0.1) is 0 Å². The van der Waals surface area contributed by atoms with Gasteiger partial charge >= 0.3 is 0 Å². The molecule has 1 amide bonds. The van der Waals surface area contributed by atoms with E-state index < -0.39 is 12.0 Å². The van der Waals surface area contributed by atoms with Crippen LogP contribution in [0, 0.1) is 0 Å². The average Bonchev–Trinajstić information content (AvgIpc) is 2.11. The van der Waals surface area contributed by atoms with Crippen LogP contribution in [0.2, 0.25) is 0 Å². The molecule has 14 heavy (non-hydrogen) atoms. The number of carbonyl (C=O) groups is 1. The van der Waals surface area contributed by atoms with E-state index in [-0.39, 0.29) is 17.9 Å². The molecule has 0 fully saturated rings. The Labute approximate surface area is 80.4 Å². The van der Waals surface area contributed by atoms with Gasteiger partial charge in [-0.2, -0.15) is 0 Å². The lowest BCUT2D eigenvalue weighted by molar-refractivity contribution is -0.125. The number of primary amides is 1.